The van der Waals surface area contributed by atoms with E-state index in [1.165, 1.54) is 16.0 Å². The number of aliphatic hydroxyl groups is 1. The van der Waals surface area contributed by atoms with Gasteiger partial charge in [-0.15, -0.1) is 11.8 Å². The van der Waals surface area contributed by atoms with E-state index in [9.17, 15) is 5.11 Å². The van der Waals surface area contributed by atoms with Crippen molar-refractivity contribution in [3.63, 3.8) is 0 Å². The Labute approximate surface area is 162 Å². The van der Waals surface area contributed by atoms with E-state index in [0.717, 1.165) is 57.9 Å². The summed E-state index contributed by atoms with van der Waals surface area (Å²) in [6.07, 6.45) is 4.92. The van der Waals surface area contributed by atoms with Gasteiger partial charge in [0.1, 0.15) is 0 Å². The van der Waals surface area contributed by atoms with Crippen LogP contribution in [0.15, 0.2) is 28.1 Å². The number of benzene rings is 1. The maximum atomic E-state index is 9.57. The molecule has 0 atom stereocenters. The van der Waals surface area contributed by atoms with Crippen molar-refractivity contribution >= 4 is 17.7 Å². The third kappa shape index (κ3) is 7.17. The van der Waals surface area contributed by atoms with Crippen LogP contribution >= 0.6 is 11.8 Å². The minimum absolute atomic E-state index is 0.0928. The number of aliphatic hydroxyl groups excluding tert-OH is 1. The molecular weight excluding hydrogens is 344 g/mol. The summed E-state index contributed by atoms with van der Waals surface area (Å²) in [4.78, 5) is 8.49. The molecule has 0 bridgehead atoms. The minimum atomic E-state index is -0.0928. The highest BCUT2D eigenvalue weighted by atomic mass is 32.2. The number of rotatable bonds is 8. The largest absolute Gasteiger partial charge is 0.393 e. The van der Waals surface area contributed by atoms with Crippen molar-refractivity contribution in [2.75, 3.05) is 39.0 Å². The second-order valence-electron chi connectivity index (χ2n) is 6.86. The SMILES string of the molecule is CCNC(=NCc1ccc(C)cc1SC)NCCCN1CCC(O)CC1. The van der Waals surface area contributed by atoms with Crippen LogP contribution in [0.2, 0.25) is 0 Å². The van der Waals surface area contributed by atoms with Gasteiger partial charge in [0.15, 0.2) is 5.96 Å². The summed E-state index contributed by atoms with van der Waals surface area (Å²) < 4.78 is 0. The Bertz CT molecular complexity index is 571. The first kappa shape index (κ1) is 21.1. The van der Waals surface area contributed by atoms with Crippen LogP contribution in [-0.2, 0) is 6.54 Å². The van der Waals surface area contributed by atoms with Gasteiger partial charge in [0.2, 0.25) is 0 Å². The lowest BCUT2D eigenvalue weighted by Gasteiger charge is -2.29. The van der Waals surface area contributed by atoms with Crippen molar-refractivity contribution in [1.82, 2.24) is 15.5 Å². The van der Waals surface area contributed by atoms with Crippen LogP contribution in [0.3, 0.4) is 0 Å². The molecule has 1 saturated heterocycles. The van der Waals surface area contributed by atoms with Crippen LogP contribution in [0.25, 0.3) is 0 Å². The van der Waals surface area contributed by atoms with E-state index in [1.807, 2.05) is 0 Å². The monoisotopic (exact) mass is 378 g/mol. The van der Waals surface area contributed by atoms with Gasteiger partial charge in [0, 0.05) is 31.1 Å². The summed E-state index contributed by atoms with van der Waals surface area (Å²) in [5.41, 5.74) is 2.56. The van der Waals surface area contributed by atoms with Gasteiger partial charge in [0.05, 0.1) is 12.6 Å². The Morgan fingerprint density at radius 3 is 2.77 bits per heavy atom. The van der Waals surface area contributed by atoms with Gasteiger partial charge < -0.3 is 20.6 Å². The lowest BCUT2D eigenvalue weighted by Crippen LogP contribution is -2.40. The van der Waals surface area contributed by atoms with Crippen molar-refractivity contribution in [2.24, 2.45) is 4.99 Å². The van der Waals surface area contributed by atoms with Crippen molar-refractivity contribution in [2.45, 2.75) is 50.7 Å². The zero-order valence-corrected chi connectivity index (χ0v) is 17.2. The molecule has 1 aromatic carbocycles. The van der Waals surface area contributed by atoms with E-state index in [1.54, 1.807) is 11.8 Å². The van der Waals surface area contributed by atoms with E-state index >= 15 is 0 Å². The number of aryl methyl sites for hydroxylation is 1. The highest BCUT2D eigenvalue weighted by Gasteiger charge is 2.16. The summed E-state index contributed by atoms with van der Waals surface area (Å²) in [7, 11) is 0. The van der Waals surface area contributed by atoms with Crippen LogP contribution in [0.4, 0.5) is 0 Å². The van der Waals surface area contributed by atoms with Crippen LogP contribution in [0, 0.1) is 6.92 Å². The quantitative estimate of drug-likeness (QED) is 0.281. The topological polar surface area (TPSA) is 59.9 Å². The van der Waals surface area contributed by atoms with Crippen LogP contribution in [0.1, 0.15) is 37.3 Å². The number of nitrogens with zero attached hydrogens (tertiary/aromatic N) is 2. The Kier molecular flexibility index (Phi) is 9.29. The van der Waals surface area contributed by atoms with Gasteiger partial charge in [0.25, 0.3) is 0 Å². The lowest BCUT2D eigenvalue weighted by molar-refractivity contribution is 0.0823. The molecule has 0 spiro atoms. The molecule has 0 aliphatic carbocycles. The molecule has 0 unspecified atom stereocenters. The predicted octanol–water partition coefficient (Wildman–Crippen LogP) is 2.62. The third-order valence-corrected chi connectivity index (χ3v) is 5.51. The molecule has 1 aromatic rings. The van der Waals surface area contributed by atoms with Crippen molar-refractivity contribution in [1.29, 1.82) is 0 Å². The van der Waals surface area contributed by atoms with Crippen LogP contribution < -0.4 is 10.6 Å². The van der Waals surface area contributed by atoms with Gasteiger partial charge >= 0.3 is 0 Å². The molecule has 1 heterocycles. The molecule has 146 valence electrons. The summed E-state index contributed by atoms with van der Waals surface area (Å²) >= 11 is 1.78. The molecular formula is C20H34N4OS. The second kappa shape index (κ2) is 11.5. The van der Waals surface area contributed by atoms with Gasteiger partial charge in [-0.3, -0.25) is 0 Å². The Morgan fingerprint density at radius 1 is 1.31 bits per heavy atom. The molecule has 0 saturated carbocycles. The van der Waals surface area contributed by atoms with Gasteiger partial charge in [-0.25, -0.2) is 4.99 Å². The highest BCUT2D eigenvalue weighted by molar-refractivity contribution is 7.98. The smallest absolute Gasteiger partial charge is 0.191 e. The van der Waals surface area contributed by atoms with Gasteiger partial charge in [-0.1, -0.05) is 12.1 Å². The number of hydrogen-bond donors (Lipinski definition) is 3. The van der Waals surface area contributed by atoms with Crippen molar-refractivity contribution in [3.05, 3.63) is 29.3 Å². The summed E-state index contributed by atoms with van der Waals surface area (Å²) in [6, 6.07) is 6.56. The first-order valence-corrected chi connectivity index (χ1v) is 10.9. The van der Waals surface area contributed by atoms with Gasteiger partial charge in [-0.2, -0.15) is 0 Å². The summed E-state index contributed by atoms with van der Waals surface area (Å²) in [5, 5.41) is 16.3. The zero-order chi connectivity index (χ0) is 18.8. The van der Waals surface area contributed by atoms with E-state index < -0.39 is 0 Å². The second-order valence-corrected chi connectivity index (χ2v) is 7.71. The Balaban J connectivity index is 1.79. The summed E-state index contributed by atoms with van der Waals surface area (Å²) in [5.74, 6) is 0.884. The molecule has 0 radical (unpaired) electrons. The third-order valence-electron chi connectivity index (χ3n) is 4.69. The number of thioether (sulfide) groups is 1. The standard InChI is InChI=1S/C20H34N4OS/c1-4-21-20(22-10-5-11-24-12-8-18(25)9-13-24)23-15-17-7-6-16(2)14-19(17)26-3/h6-7,14,18,25H,4-5,8-13,15H2,1-3H3,(H2,21,22,23). The fourth-order valence-electron chi connectivity index (χ4n) is 3.14. The number of nitrogens with one attached hydrogen (secondary N) is 2. The van der Waals surface area contributed by atoms with Crippen LogP contribution in [-0.4, -0.2) is 61.0 Å². The van der Waals surface area contributed by atoms with Crippen molar-refractivity contribution < 1.29 is 5.11 Å². The average molecular weight is 379 g/mol. The fraction of sp³-hybridized carbons (Fsp3) is 0.650. The molecule has 0 aromatic heterocycles. The van der Waals surface area contributed by atoms with E-state index in [4.69, 9.17) is 4.99 Å². The maximum Gasteiger partial charge on any atom is 0.191 e. The molecule has 3 N–H and O–H groups in total. The fourth-order valence-corrected chi connectivity index (χ4v) is 3.84. The first-order chi connectivity index (χ1) is 12.6. The number of piperidine rings is 1. The average Bonchev–Trinajstić information content (AvgIpc) is 2.65. The maximum absolute atomic E-state index is 9.57. The lowest BCUT2D eigenvalue weighted by atomic mass is 10.1. The predicted molar refractivity (Wildman–Crippen MR) is 112 cm³/mol. The first-order valence-electron chi connectivity index (χ1n) is 9.68. The molecule has 1 fully saturated rings. The van der Waals surface area contributed by atoms with E-state index in [2.05, 4.69) is 53.8 Å². The summed E-state index contributed by atoms with van der Waals surface area (Å²) in [6.45, 7) is 9.79. The van der Waals surface area contributed by atoms with E-state index in [-0.39, 0.29) is 6.10 Å². The number of likely N-dealkylation sites (tertiary alicyclic amines) is 1. The normalized spacial score (nSPS) is 16.7. The number of aliphatic imine (C=N–C) groups is 1. The van der Waals surface area contributed by atoms with Crippen molar-refractivity contribution in [3.8, 4) is 0 Å². The zero-order valence-electron chi connectivity index (χ0n) is 16.4. The minimum Gasteiger partial charge on any atom is -0.393 e. The molecule has 26 heavy (non-hydrogen) atoms. The molecule has 1 aliphatic rings. The van der Waals surface area contributed by atoms with E-state index in [0.29, 0.717) is 6.54 Å². The van der Waals surface area contributed by atoms with Crippen LogP contribution in [0.5, 0.6) is 0 Å². The molecule has 2 rings (SSSR count). The van der Waals surface area contributed by atoms with Gasteiger partial charge in [-0.05, 0) is 63.1 Å². The Morgan fingerprint density at radius 2 is 2.08 bits per heavy atom. The molecule has 5 nitrogen and oxygen atoms in total. The number of guanidine groups is 1. The Hall–Kier alpha value is -1.24. The highest BCUT2D eigenvalue weighted by Crippen LogP contribution is 2.22. The molecule has 0 amide bonds. The number of hydrogen-bond acceptors (Lipinski definition) is 4. The molecule has 6 heteroatoms. The molecule has 1 aliphatic heterocycles.